The van der Waals surface area contributed by atoms with E-state index in [2.05, 4.69) is 4.65 Å². The number of hydrogen-bond acceptors (Lipinski definition) is 3. The molecule has 0 spiro atoms. The molecule has 3 nitrogen and oxygen atoms in total. The van der Waals surface area contributed by atoms with Crippen molar-refractivity contribution in [2.75, 3.05) is 6.61 Å². The maximum atomic E-state index is 12.5. The molecule has 1 aromatic rings. The Balaban J connectivity index is 2.40. The fraction of sp³-hybridized carbons (Fsp3) is 0.125. The largest absolute Gasteiger partial charge is 0.796 e. The SMILES string of the molecule is CCOc1cccc(OB(F)F)c1C(O)=CC=C1C=CC=C1. The summed E-state index contributed by atoms with van der Waals surface area (Å²) >= 11 is 0. The van der Waals surface area contributed by atoms with Crippen LogP contribution in [0.25, 0.3) is 5.76 Å². The highest BCUT2D eigenvalue weighted by Crippen LogP contribution is 2.34. The first kappa shape index (κ1) is 15.9. The minimum Gasteiger partial charge on any atom is -0.507 e. The standard InChI is InChI=1S/C16H15BF2O3/c1-2-21-14-8-5-9-15(22-17(18)19)16(14)13(20)11-10-12-6-3-4-7-12/h3-11,20H,2H2,1H3. The van der Waals surface area contributed by atoms with Crippen LogP contribution in [-0.4, -0.2) is 19.2 Å². The van der Waals surface area contributed by atoms with Crippen molar-refractivity contribution in [3.8, 4) is 11.5 Å². The van der Waals surface area contributed by atoms with E-state index in [0.29, 0.717) is 6.61 Å². The van der Waals surface area contributed by atoms with Crippen LogP contribution in [-0.2, 0) is 0 Å². The van der Waals surface area contributed by atoms with Crippen LogP contribution >= 0.6 is 0 Å². The van der Waals surface area contributed by atoms with Gasteiger partial charge in [0, 0.05) is 0 Å². The van der Waals surface area contributed by atoms with Gasteiger partial charge in [-0.1, -0.05) is 36.4 Å². The maximum absolute atomic E-state index is 12.5. The highest BCUT2D eigenvalue weighted by Gasteiger charge is 2.23. The third-order valence-corrected chi connectivity index (χ3v) is 2.88. The highest BCUT2D eigenvalue weighted by molar-refractivity contribution is 6.35. The van der Waals surface area contributed by atoms with Crippen LogP contribution in [0.4, 0.5) is 8.63 Å². The fourth-order valence-electron chi connectivity index (χ4n) is 1.99. The summed E-state index contributed by atoms with van der Waals surface area (Å²) in [6.07, 6.45) is 10.5. The Morgan fingerprint density at radius 3 is 2.55 bits per heavy atom. The van der Waals surface area contributed by atoms with Gasteiger partial charge in [-0.05, 0) is 30.7 Å². The van der Waals surface area contributed by atoms with Crippen molar-refractivity contribution < 1.29 is 23.1 Å². The molecule has 0 aliphatic heterocycles. The Morgan fingerprint density at radius 1 is 1.23 bits per heavy atom. The molecule has 1 aromatic carbocycles. The van der Waals surface area contributed by atoms with Gasteiger partial charge in [0.05, 0.1) is 12.2 Å². The summed E-state index contributed by atoms with van der Waals surface area (Å²) in [6.45, 7) is 2.10. The van der Waals surface area contributed by atoms with Crippen LogP contribution in [0.1, 0.15) is 12.5 Å². The highest BCUT2D eigenvalue weighted by atomic mass is 19.2. The zero-order valence-electron chi connectivity index (χ0n) is 12.0. The number of halogens is 2. The van der Waals surface area contributed by atoms with Gasteiger partial charge in [0.2, 0.25) is 0 Å². The van der Waals surface area contributed by atoms with Gasteiger partial charge >= 0.3 is 7.47 Å². The predicted octanol–water partition coefficient (Wildman–Crippen LogP) is 4.34. The predicted molar refractivity (Wildman–Crippen MR) is 83.2 cm³/mol. The number of aliphatic hydroxyl groups excluding tert-OH is 1. The van der Waals surface area contributed by atoms with Gasteiger partial charge in [0.15, 0.2) is 0 Å². The van der Waals surface area contributed by atoms with Crippen molar-refractivity contribution in [2.24, 2.45) is 0 Å². The molecule has 0 atom stereocenters. The van der Waals surface area contributed by atoms with Crippen LogP contribution in [0.5, 0.6) is 11.5 Å². The Morgan fingerprint density at radius 2 is 1.91 bits per heavy atom. The van der Waals surface area contributed by atoms with E-state index in [-0.39, 0.29) is 22.8 Å². The molecule has 22 heavy (non-hydrogen) atoms. The van der Waals surface area contributed by atoms with Crippen molar-refractivity contribution in [1.82, 2.24) is 0 Å². The molecule has 0 bridgehead atoms. The van der Waals surface area contributed by atoms with Gasteiger partial charge in [-0.25, -0.2) is 8.63 Å². The van der Waals surface area contributed by atoms with Crippen LogP contribution in [0.15, 0.2) is 60.2 Å². The Labute approximate surface area is 128 Å². The van der Waals surface area contributed by atoms with E-state index in [1.54, 1.807) is 19.1 Å². The minimum atomic E-state index is -2.98. The first-order chi connectivity index (χ1) is 10.6. The molecule has 1 N–H and O–H groups in total. The molecule has 1 aliphatic carbocycles. The molecular formula is C16H15BF2O3. The molecule has 0 aromatic heterocycles. The molecular weight excluding hydrogens is 289 g/mol. The lowest BCUT2D eigenvalue weighted by molar-refractivity contribution is 0.334. The quantitative estimate of drug-likeness (QED) is 0.627. The molecule has 114 valence electrons. The molecule has 6 heteroatoms. The molecule has 0 saturated carbocycles. The summed E-state index contributed by atoms with van der Waals surface area (Å²) in [5, 5.41) is 10.2. The van der Waals surface area contributed by atoms with Crippen LogP contribution < -0.4 is 9.39 Å². The van der Waals surface area contributed by atoms with Crippen molar-refractivity contribution in [3.05, 3.63) is 65.8 Å². The molecule has 2 rings (SSSR count). The smallest absolute Gasteiger partial charge is 0.507 e. The van der Waals surface area contributed by atoms with Gasteiger partial charge in [-0.15, -0.1) is 0 Å². The number of rotatable bonds is 6. The van der Waals surface area contributed by atoms with E-state index in [9.17, 15) is 13.7 Å². The zero-order valence-corrected chi connectivity index (χ0v) is 12.0. The van der Waals surface area contributed by atoms with E-state index in [1.807, 2.05) is 24.3 Å². The van der Waals surface area contributed by atoms with Gasteiger partial charge in [-0.2, -0.15) is 0 Å². The van der Waals surface area contributed by atoms with E-state index >= 15 is 0 Å². The number of hydrogen-bond donors (Lipinski definition) is 1. The van der Waals surface area contributed by atoms with Gasteiger partial charge in [0.1, 0.15) is 17.3 Å². The average molecular weight is 304 g/mol. The molecule has 0 heterocycles. The maximum Gasteiger partial charge on any atom is 0.796 e. The van der Waals surface area contributed by atoms with Crippen molar-refractivity contribution in [3.63, 3.8) is 0 Å². The fourth-order valence-corrected chi connectivity index (χ4v) is 1.99. The lowest BCUT2D eigenvalue weighted by atomic mass is 10.1. The summed E-state index contributed by atoms with van der Waals surface area (Å²) < 4.78 is 34.9. The molecule has 0 fully saturated rings. The van der Waals surface area contributed by atoms with Crippen LogP contribution in [0.3, 0.4) is 0 Å². The van der Waals surface area contributed by atoms with Crippen LogP contribution in [0, 0.1) is 0 Å². The lowest BCUT2D eigenvalue weighted by Gasteiger charge is -2.14. The lowest BCUT2D eigenvalue weighted by Crippen LogP contribution is -2.10. The van der Waals surface area contributed by atoms with Crippen molar-refractivity contribution >= 4 is 13.2 Å². The minimum absolute atomic E-state index is 0.104. The Kier molecular flexibility index (Phi) is 5.41. The molecule has 0 radical (unpaired) electrons. The van der Waals surface area contributed by atoms with Crippen molar-refractivity contribution in [2.45, 2.75) is 6.92 Å². The number of ether oxygens (including phenoxy) is 1. The molecule has 0 amide bonds. The Hall–Kier alpha value is -2.50. The first-order valence-corrected chi connectivity index (χ1v) is 6.78. The molecule has 0 unspecified atom stereocenters. The van der Waals surface area contributed by atoms with Crippen LogP contribution in [0.2, 0.25) is 0 Å². The monoisotopic (exact) mass is 304 g/mol. The summed E-state index contributed by atoms with van der Waals surface area (Å²) in [5.74, 6) is -0.0585. The summed E-state index contributed by atoms with van der Waals surface area (Å²) in [4.78, 5) is 0. The number of allylic oxidation sites excluding steroid dienone is 7. The third-order valence-electron chi connectivity index (χ3n) is 2.88. The van der Waals surface area contributed by atoms with Gasteiger partial charge < -0.3 is 14.5 Å². The van der Waals surface area contributed by atoms with E-state index in [1.165, 1.54) is 18.2 Å². The second-order valence-corrected chi connectivity index (χ2v) is 4.38. The second-order valence-electron chi connectivity index (χ2n) is 4.38. The Bertz CT molecular complexity index is 635. The third kappa shape index (κ3) is 4.01. The average Bonchev–Trinajstić information content (AvgIpc) is 2.98. The van der Waals surface area contributed by atoms with E-state index in [4.69, 9.17) is 4.74 Å². The summed E-state index contributed by atoms with van der Waals surface area (Å²) in [6, 6.07) is 4.47. The summed E-state index contributed by atoms with van der Waals surface area (Å²) in [7, 11) is -2.98. The first-order valence-electron chi connectivity index (χ1n) is 6.78. The molecule has 1 aliphatic rings. The van der Waals surface area contributed by atoms with E-state index < -0.39 is 7.47 Å². The number of aliphatic hydroxyl groups is 1. The normalized spacial score (nSPS) is 13.4. The van der Waals surface area contributed by atoms with E-state index in [0.717, 1.165) is 5.57 Å². The number of benzene rings is 1. The molecule has 0 saturated heterocycles. The second kappa shape index (κ2) is 7.50. The zero-order chi connectivity index (χ0) is 15.9. The summed E-state index contributed by atoms with van der Waals surface area (Å²) in [5.41, 5.74) is 0.990. The topological polar surface area (TPSA) is 38.7 Å². The van der Waals surface area contributed by atoms with Gasteiger partial charge in [0.25, 0.3) is 0 Å². The van der Waals surface area contributed by atoms with Gasteiger partial charge in [-0.3, -0.25) is 0 Å². The van der Waals surface area contributed by atoms with Crippen molar-refractivity contribution in [1.29, 1.82) is 0 Å².